The smallest absolute Gasteiger partial charge is 0.255 e. The fraction of sp³-hybridized carbons (Fsp3) is 0.200. The summed E-state index contributed by atoms with van der Waals surface area (Å²) in [6, 6.07) is 11.4. The molecule has 1 unspecified atom stereocenters. The quantitative estimate of drug-likeness (QED) is 0.883. The molecule has 0 bridgehead atoms. The van der Waals surface area contributed by atoms with Crippen molar-refractivity contribution in [1.82, 2.24) is 10.3 Å². The second kappa shape index (κ2) is 6.11. The highest BCUT2D eigenvalue weighted by molar-refractivity contribution is 6.04. The minimum Gasteiger partial charge on any atom is -0.322 e. The predicted octanol–water partition coefficient (Wildman–Crippen LogP) is 2.61. The Morgan fingerprint density at radius 1 is 1.21 bits per heavy atom. The summed E-state index contributed by atoms with van der Waals surface area (Å²) in [4.78, 5) is 15.9. The third kappa shape index (κ3) is 3.39. The van der Waals surface area contributed by atoms with Crippen molar-refractivity contribution in [3.8, 4) is 0 Å². The average molecular weight is 255 g/mol. The molecule has 1 atom stereocenters. The number of nitrogens with zero attached hydrogens (tertiary/aromatic N) is 1. The van der Waals surface area contributed by atoms with E-state index < -0.39 is 0 Å². The van der Waals surface area contributed by atoms with Crippen molar-refractivity contribution in [2.45, 2.75) is 13.0 Å². The Morgan fingerprint density at radius 2 is 1.95 bits per heavy atom. The molecule has 0 aliphatic heterocycles. The molecule has 0 radical (unpaired) electrons. The molecule has 19 heavy (non-hydrogen) atoms. The van der Waals surface area contributed by atoms with E-state index in [2.05, 4.69) is 22.5 Å². The first-order chi connectivity index (χ1) is 9.20. The van der Waals surface area contributed by atoms with Gasteiger partial charge >= 0.3 is 0 Å². The van der Waals surface area contributed by atoms with Crippen LogP contribution in [-0.2, 0) is 0 Å². The third-order valence-corrected chi connectivity index (χ3v) is 3.02. The predicted molar refractivity (Wildman–Crippen MR) is 76.1 cm³/mol. The third-order valence-electron chi connectivity index (χ3n) is 3.02. The largest absolute Gasteiger partial charge is 0.322 e. The van der Waals surface area contributed by atoms with Crippen LogP contribution in [0.25, 0.3) is 0 Å². The van der Waals surface area contributed by atoms with Crippen LogP contribution in [0.1, 0.15) is 28.9 Å². The van der Waals surface area contributed by atoms with Crippen LogP contribution in [0.3, 0.4) is 0 Å². The van der Waals surface area contributed by atoms with Crippen LogP contribution in [0.15, 0.2) is 48.8 Å². The van der Waals surface area contributed by atoms with E-state index in [4.69, 9.17) is 0 Å². The SMILES string of the molecule is CNC(C)c1cccc(NC(=O)c2ccncc2)c1. The first kappa shape index (κ1) is 13.2. The Hall–Kier alpha value is -2.20. The fourth-order valence-corrected chi connectivity index (χ4v) is 1.76. The van der Waals surface area contributed by atoms with Crippen molar-refractivity contribution in [3.05, 3.63) is 59.9 Å². The van der Waals surface area contributed by atoms with Crippen molar-refractivity contribution < 1.29 is 4.79 Å². The molecule has 0 saturated heterocycles. The van der Waals surface area contributed by atoms with Crippen molar-refractivity contribution in [3.63, 3.8) is 0 Å². The van der Waals surface area contributed by atoms with E-state index in [1.54, 1.807) is 24.5 Å². The Kier molecular flexibility index (Phi) is 4.26. The maximum atomic E-state index is 12.0. The summed E-state index contributed by atoms with van der Waals surface area (Å²) < 4.78 is 0. The molecule has 4 heteroatoms. The molecule has 1 amide bonds. The van der Waals surface area contributed by atoms with Crippen LogP contribution in [0.2, 0.25) is 0 Å². The van der Waals surface area contributed by atoms with Gasteiger partial charge in [-0.25, -0.2) is 0 Å². The summed E-state index contributed by atoms with van der Waals surface area (Å²) in [5.41, 5.74) is 2.53. The van der Waals surface area contributed by atoms with Gasteiger partial charge in [0.2, 0.25) is 0 Å². The molecule has 0 aliphatic carbocycles. The zero-order chi connectivity index (χ0) is 13.7. The molecule has 2 N–H and O–H groups in total. The molecule has 0 spiro atoms. The number of anilines is 1. The molecule has 1 aromatic heterocycles. The highest BCUT2D eigenvalue weighted by Gasteiger charge is 2.07. The summed E-state index contributed by atoms with van der Waals surface area (Å²) in [5, 5.41) is 6.06. The molecule has 0 aliphatic rings. The number of pyridine rings is 1. The second-order valence-electron chi connectivity index (χ2n) is 4.33. The van der Waals surface area contributed by atoms with E-state index in [1.165, 1.54) is 0 Å². The lowest BCUT2D eigenvalue weighted by Gasteiger charge is -2.12. The van der Waals surface area contributed by atoms with E-state index in [0.717, 1.165) is 11.3 Å². The summed E-state index contributed by atoms with van der Waals surface area (Å²) in [6.45, 7) is 2.07. The topological polar surface area (TPSA) is 54.0 Å². The number of amides is 1. The van der Waals surface area contributed by atoms with E-state index in [1.807, 2.05) is 31.3 Å². The first-order valence-corrected chi connectivity index (χ1v) is 6.19. The maximum Gasteiger partial charge on any atom is 0.255 e. The number of benzene rings is 1. The number of aromatic nitrogens is 1. The highest BCUT2D eigenvalue weighted by Crippen LogP contribution is 2.17. The number of nitrogens with one attached hydrogen (secondary N) is 2. The van der Waals surface area contributed by atoms with Gasteiger partial charge in [0, 0.05) is 29.7 Å². The van der Waals surface area contributed by atoms with Gasteiger partial charge in [-0.2, -0.15) is 0 Å². The minimum atomic E-state index is -0.128. The van der Waals surface area contributed by atoms with Crippen molar-refractivity contribution >= 4 is 11.6 Å². The molecule has 2 rings (SSSR count). The van der Waals surface area contributed by atoms with Gasteiger partial charge < -0.3 is 10.6 Å². The summed E-state index contributed by atoms with van der Waals surface area (Å²) in [6.07, 6.45) is 3.21. The minimum absolute atomic E-state index is 0.128. The molecule has 0 saturated carbocycles. The Balaban J connectivity index is 2.13. The van der Waals surface area contributed by atoms with Gasteiger partial charge in [-0.1, -0.05) is 12.1 Å². The number of hydrogen-bond donors (Lipinski definition) is 2. The average Bonchev–Trinajstić information content (AvgIpc) is 2.47. The lowest BCUT2D eigenvalue weighted by atomic mass is 10.1. The fourth-order valence-electron chi connectivity index (χ4n) is 1.76. The summed E-state index contributed by atoms with van der Waals surface area (Å²) in [7, 11) is 1.91. The van der Waals surface area contributed by atoms with Gasteiger partial charge in [-0.05, 0) is 43.8 Å². The lowest BCUT2D eigenvalue weighted by Crippen LogP contribution is -2.14. The Morgan fingerprint density at radius 3 is 2.63 bits per heavy atom. The van der Waals surface area contributed by atoms with Crippen molar-refractivity contribution in [1.29, 1.82) is 0 Å². The maximum absolute atomic E-state index is 12.0. The zero-order valence-corrected chi connectivity index (χ0v) is 11.1. The second-order valence-corrected chi connectivity index (χ2v) is 4.33. The van der Waals surface area contributed by atoms with E-state index in [-0.39, 0.29) is 11.9 Å². The first-order valence-electron chi connectivity index (χ1n) is 6.19. The normalized spacial score (nSPS) is 11.9. The molecular formula is C15H17N3O. The molecule has 1 heterocycles. The lowest BCUT2D eigenvalue weighted by molar-refractivity contribution is 0.102. The molecule has 4 nitrogen and oxygen atoms in total. The summed E-state index contributed by atoms with van der Waals surface area (Å²) in [5.74, 6) is -0.128. The number of rotatable bonds is 4. The molecule has 98 valence electrons. The van der Waals surface area contributed by atoms with Crippen LogP contribution in [-0.4, -0.2) is 17.9 Å². The van der Waals surface area contributed by atoms with Crippen LogP contribution in [0, 0.1) is 0 Å². The summed E-state index contributed by atoms with van der Waals surface area (Å²) >= 11 is 0. The van der Waals surface area contributed by atoms with Crippen LogP contribution in [0.5, 0.6) is 0 Å². The number of hydrogen-bond acceptors (Lipinski definition) is 3. The molecule has 1 aromatic carbocycles. The van der Waals surface area contributed by atoms with Gasteiger partial charge in [-0.3, -0.25) is 9.78 Å². The standard InChI is InChI=1S/C15H17N3O/c1-11(16-2)13-4-3-5-14(10-13)18-15(19)12-6-8-17-9-7-12/h3-11,16H,1-2H3,(H,18,19). The van der Waals surface area contributed by atoms with E-state index >= 15 is 0 Å². The van der Waals surface area contributed by atoms with Gasteiger partial charge in [0.05, 0.1) is 0 Å². The molecular weight excluding hydrogens is 238 g/mol. The number of carbonyl (C=O) groups is 1. The Labute approximate surface area is 112 Å². The van der Waals surface area contributed by atoms with E-state index in [0.29, 0.717) is 5.56 Å². The van der Waals surface area contributed by atoms with Gasteiger partial charge in [-0.15, -0.1) is 0 Å². The molecule has 0 fully saturated rings. The van der Waals surface area contributed by atoms with Gasteiger partial charge in [0.15, 0.2) is 0 Å². The zero-order valence-electron chi connectivity index (χ0n) is 11.1. The van der Waals surface area contributed by atoms with Crippen LogP contribution < -0.4 is 10.6 Å². The van der Waals surface area contributed by atoms with Crippen molar-refractivity contribution in [2.75, 3.05) is 12.4 Å². The number of carbonyl (C=O) groups excluding carboxylic acids is 1. The highest BCUT2D eigenvalue weighted by atomic mass is 16.1. The van der Waals surface area contributed by atoms with Crippen molar-refractivity contribution in [2.24, 2.45) is 0 Å². The van der Waals surface area contributed by atoms with Crippen LogP contribution in [0.4, 0.5) is 5.69 Å². The molecule has 2 aromatic rings. The van der Waals surface area contributed by atoms with Gasteiger partial charge in [0.1, 0.15) is 0 Å². The van der Waals surface area contributed by atoms with Crippen LogP contribution >= 0.6 is 0 Å². The van der Waals surface area contributed by atoms with E-state index in [9.17, 15) is 4.79 Å². The monoisotopic (exact) mass is 255 g/mol. The van der Waals surface area contributed by atoms with Gasteiger partial charge in [0.25, 0.3) is 5.91 Å². The Bertz CT molecular complexity index is 554.